The molecule has 6 rings (SSSR count). The zero-order valence-corrected chi connectivity index (χ0v) is 31.1. The highest BCUT2D eigenvalue weighted by Gasteiger charge is 2.35. The van der Waals surface area contributed by atoms with Gasteiger partial charge in [0.15, 0.2) is 0 Å². The molecule has 0 heterocycles. The molecule has 11 heteroatoms. The van der Waals surface area contributed by atoms with Crippen LogP contribution in [0.4, 0.5) is 26.3 Å². The smallest absolute Gasteiger partial charge is 0.389 e. The summed E-state index contributed by atoms with van der Waals surface area (Å²) in [6.45, 7) is 0. The first-order valence-corrected chi connectivity index (χ1v) is 18.2. The lowest BCUT2D eigenvalue weighted by Gasteiger charge is -2.30. The fraction of sp³-hybridized carbons (Fsp3) is 0.217. The average molecular weight is 787 g/mol. The Balaban J connectivity index is 1.53. The molecule has 57 heavy (non-hydrogen) atoms. The first-order valence-electron chi connectivity index (χ1n) is 18.2. The van der Waals surface area contributed by atoms with E-state index in [0.717, 1.165) is 0 Å². The summed E-state index contributed by atoms with van der Waals surface area (Å²) in [5.74, 6) is 2.66. The molecule has 0 fully saturated rings. The van der Waals surface area contributed by atoms with Crippen molar-refractivity contribution in [3.8, 4) is 56.8 Å². The molecule has 296 valence electrons. The predicted molar refractivity (Wildman–Crippen MR) is 207 cm³/mol. The van der Waals surface area contributed by atoms with E-state index in [1.54, 1.807) is 133 Å². The van der Waals surface area contributed by atoms with Gasteiger partial charge in [0.1, 0.15) is 34.5 Å². The maximum absolute atomic E-state index is 14.1. The summed E-state index contributed by atoms with van der Waals surface area (Å²) in [6.07, 6.45) is -15.6. The van der Waals surface area contributed by atoms with Crippen LogP contribution in [0, 0.1) is 0 Å². The summed E-state index contributed by atoms with van der Waals surface area (Å²) in [7, 11) is 3.02. The second-order valence-electron chi connectivity index (χ2n) is 13.1. The minimum absolute atomic E-state index is 0.303. The number of ether oxygens (including phenoxy) is 5. The van der Waals surface area contributed by atoms with Gasteiger partial charge in [0, 0.05) is 24.0 Å². The van der Waals surface area contributed by atoms with Crippen molar-refractivity contribution in [1.29, 1.82) is 0 Å². The molecule has 0 aromatic heterocycles. The van der Waals surface area contributed by atoms with E-state index in [1.807, 2.05) is 12.1 Å². The van der Waals surface area contributed by atoms with E-state index < -0.39 is 50.2 Å². The van der Waals surface area contributed by atoms with Crippen LogP contribution >= 0.6 is 0 Å². The number of halogens is 6. The number of para-hydroxylation sites is 2. The van der Waals surface area contributed by atoms with E-state index >= 15 is 0 Å². The molecule has 6 aromatic rings. The van der Waals surface area contributed by atoms with Gasteiger partial charge in [-0.05, 0) is 95.8 Å². The van der Waals surface area contributed by atoms with Gasteiger partial charge in [0.25, 0.3) is 0 Å². The summed E-state index contributed by atoms with van der Waals surface area (Å²) in [5.41, 5.74) is 2.59. The Morgan fingerprint density at radius 3 is 1.12 bits per heavy atom. The van der Waals surface area contributed by atoms with E-state index in [1.165, 1.54) is 14.2 Å². The van der Waals surface area contributed by atoms with Crippen molar-refractivity contribution >= 4 is 0 Å². The maximum atomic E-state index is 14.1. The zero-order chi connectivity index (χ0) is 40.4. The molecule has 0 spiro atoms. The van der Waals surface area contributed by atoms with Gasteiger partial charge in [-0.25, -0.2) is 0 Å². The van der Waals surface area contributed by atoms with E-state index in [-0.39, 0.29) is 0 Å². The van der Waals surface area contributed by atoms with Gasteiger partial charge < -0.3 is 23.7 Å². The first kappa shape index (κ1) is 40.7. The van der Waals surface area contributed by atoms with Crippen molar-refractivity contribution in [1.82, 2.24) is 0 Å². The van der Waals surface area contributed by atoms with Crippen LogP contribution in [0.25, 0.3) is 22.3 Å². The topological polar surface area (TPSA) is 46.2 Å². The van der Waals surface area contributed by atoms with Crippen LogP contribution in [0.3, 0.4) is 0 Å². The lowest BCUT2D eigenvalue weighted by molar-refractivity contribution is -0.153. The quantitative estimate of drug-likeness (QED) is 0.0915. The minimum atomic E-state index is -4.60. The van der Waals surface area contributed by atoms with E-state index in [0.29, 0.717) is 67.9 Å². The highest BCUT2D eigenvalue weighted by molar-refractivity contribution is 5.77. The van der Waals surface area contributed by atoms with Crippen LogP contribution in [-0.2, 0) is 4.74 Å². The minimum Gasteiger partial charge on any atom is -0.497 e. The number of alkyl halides is 6. The lowest BCUT2D eigenvalue weighted by Crippen LogP contribution is -2.18. The van der Waals surface area contributed by atoms with Crippen molar-refractivity contribution in [2.75, 3.05) is 14.2 Å². The van der Waals surface area contributed by atoms with Crippen LogP contribution in [0.15, 0.2) is 146 Å². The number of methoxy groups -OCH3 is 2. The molecule has 2 atom stereocenters. The summed E-state index contributed by atoms with van der Waals surface area (Å²) in [6, 6.07) is 41.4. The zero-order valence-electron chi connectivity index (χ0n) is 31.1. The lowest BCUT2D eigenvalue weighted by atomic mass is 9.90. The van der Waals surface area contributed by atoms with Gasteiger partial charge in [0.05, 0.1) is 26.4 Å². The van der Waals surface area contributed by atoms with Gasteiger partial charge in [-0.3, -0.25) is 0 Å². The SMILES string of the molecule is COc1ccc(-c2c(Oc3ccccc3)cccc2C(CCC(F)(F)F)OC(CCC(F)(F)F)c2cccc(Oc3ccccc3)c2-c2ccc(OC)cc2)cc1. The second kappa shape index (κ2) is 18.3. The molecular weight excluding hydrogens is 746 g/mol. The van der Waals surface area contributed by atoms with Gasteiger partial charge in [-0.2, -0.15) is 26.3 Å². The Labute approximate surface area is 327 Å². The predicted octanol–water partition coefficient (Wildman–Crippen LogP) is 14.1. The largest absolute Gasteiger partial charge is 0.497 e. The Hall–Kier alpha value is -5.94. The van der Waals surface area contributed by atoms with E-state index in [4.69, 9.17) is 23.7 Å². The third-order valence-electron chi connectivity index (χ3n) is 9.22. The van der Waals surface area contributed by atoms with Gasteiger partial charge in [-0.1, -0.05) is 84.9 Å². The fourth-order valence-electron chi connectivity index (χ4n) is 6.55. The highest BCUT2D eigenvalue weighted by Crippen LogP contribution is 2.48. The van der Waals surface area contributed by atoms with Crippen molar-refractivity contribution in [3.63, 3.8) is 0 Å². The van der Waals surface area contributed by atoms with Crippen molar-refractivity contribution in [3.05, 3.63) is 157 Å². The number of hydrogen-bond donors (Lipinski definition) is 0. The highest BCUT2D eigenvalue weighted by atomic mass is 19.4. The van der Waals surface area contributed by atoms with Crippen LogP contribution in [-0.4, -0.2) is 26.6 Å². The summed E-state index contributed by atoms with van der Waals surface area (Å²) in [4.78, 5) is 0. The Morgan fingerprint density at radius 2 is 0.789 bits per heavy atom. The molecule has 0 saturated carbocycles. The number of benzene rings is 6. The van der Waals surface area contributed by atoms with Crippen molar-refractivity contribution < 1.29 is 50.0 Å². The first-order chi connectivity index (χ1) is 27.4. The average Bonchev–Trinajstić information content (AvgIpc) is 3.21. The normalized spacial score (nSPS) is 12.8. The molecule has 0 N–H and O–H groups in total. The van der Waals surface area contributed by atoms with Crippen LogP contribution in [0.5, 0.6) is 34.5 Å². The fourth-order valence-corrected chi connectivity index (χ4v) is 6.55. The molecule has 0 aliphatic carbocycles. The second-order valence-corrected chi connectivity index (χ2v) is 13.1. The van der Waals surface area contributed by atoms with Crippen LogP contribution < -0.4 is 18.9 Å². The molecule has 2 unspecified atom stereocenters. The van der Waals surface area contributed by atoms with E-state index in [2.05, 4.69) is 0 Å². The summed E-state index contributed by atoms with van der Waals surface area (Å²) in [5, 5.41) is 0. The Bertz CT molecular complexity index is 2020. The molecule has 0 aliphatic rings. The van der Waals surface area contributed by atoms with E-state index in [9.17, 15) is 26.3 Å². The molecule has 0 saturated heterocycles. The summed E-state index contributed by atoms with van der Waals surface area (Å²) >= 11 is 0. The molecule has 6 aromatic carbocycles. The molecule has 0 bridgehead atoms. The van der Waals surface area contributed by atoms with Crippen LogP contribution in [0.2, 0.25) is 0 Å². The maximum Gasteiger partial charge on any atom is 0.389 e. The Morgan fingerprint density at radius 1 is 0.421 bits per heavy atom. The monoisotopic (exact) mass is 786 g/mol. The number of rotatable bonds is 16. The molecule has 0 amide bonds. The third kappa shape index (κ3) is 11.1. The molecular formula is C46H40F6O5. The van der Waals surface area contributed by atoms with Crippen LogP contribution in [0.1, 0.15) is 49.0 Å². The third-order valence-corrected chi connectivity index (χ3v) is 9.22. The molecule has 0 aliphatic heterocycles. The number of hydrogen-bond acceptors (Lipinski definition) is 5. The van der Waals surface area contributed by atoms with Gasteiger partial charge in [0.2, 0.25) is 0 Å². The molecule has 5 nitrogen and oxygen atoms in total. The Kier molecular flexibility index (Phi) is 13.1. The standard InChI is InChI=1S/C46H40F6O5/c1-53-33-23-19-31(20-24-33)43-37(15-9-17-41(43)55-35-11-5-3-6-12-35)39(27-29-45(47,48)49)57-40(28-30-46(50,51)52)38-16-10-18-42(56-36-13-7-4-8-14-36)44(38)32-21-25-34(54-2)26-22-32/h3-26,39-40H,27-30H2,1-2H3. The van der Waals surface area contributed by atoms with Gasteiger partial charge in [-0.15, -0.1) is 0 Å². The van der Waals surface area contributed by atoms with Crippen molar-refractivity contribution in [2.24, 2.45) is 0 Å². The van der Waals surface area contributed by atoms with Crippen molar-refractivity contribution in [2.45, 2.75) is 50.2 Å². The summed E-state index contributed by atoms with van der Waals surface area (Å²) < 4.78 is 115. The van der Waals surface area contributed by atoms with Gasteiger partial charge >= 0.3 is 12.4 Å². The molecule has 0 radical (unpaired) electrons.